The molecule has 2 N–H and O–H groups in total. The molecule has 0 bridgehead atoms. The van der Waals surface area contributed by atoms with Crippen molar-refractivity contribution >= 4 is 18.1 Å². The highest BCUT2D eigenvalue weighted by molar-refractivity contribution is 5.85. The molecular formula is C8H9ClF3N. The molecule has 0 unspecified atom stereocenters. The molecule has 0 aliphatic heterocycles. The predicted octanol–water partition coefficient (Wildman–Crippen LogP) is 2.94. The topological polar surface area (TPSA) is 26.0 Å². The first-order chi connectivity index (χ1) is 5.43. The third-order valence-corrected chi connectivity index (χ3v) is 1.48. The van der Waals surface area contributed by atoms with Gasteiger partial charge in [0.05, 0.1) is 5.56 Å². The van der Waals surface area contributed by atoms with Crippen molar-refractivity contribution in [3.8, 4) is 0 Å². The smallest absolute Gasteiger partial charge is 0.275 e. The summed E-state index contributed by atoms with van der Waals surface area (Å²) in [5.41, 5.74) is 4.24. The maximum absolute atomic E-state index is 12.8. The lowest BCUT2D eigenvalue weighted by Gasteiger charge is -2.13. The van der Waals surface area contributed by atoms with Crippen LogP contribution in [0.2, 0.25) is 0 Å². The van der Waals surface area contributed by atoms with Crippen molar-refractivity contribution in [3.63, 3.8) is 0 Å². The summed E-state index contributed by atoms with van der Waals surface area (Å²) in [4.78, 5) is 0. The van der Waals surface area contributed by atoms with E-state index in [0.29, 0.717) is 6.92 Å². The standard InChI is InChI=1S/C8H8F3N.ClH/c1-8(10,11)7-5(9)3-2-4-6(7)12;/h2-4H,12H2,1H3;1H. The number of nitrogens with two attached hydrogens (primary N) is 1. The Morgan fingerprint density at radius 3 is 2.15 bits per heavy atom. The van der Waals surface area contributed by atoms with Crippen molar-refractivity contribution in [2.24, 2.45) is 0 Å². The van der Waals surface area contributed by atoms with Crippen molar-refractivity contribution in [2.45, 2.75) is 12.8 Å². The first-order valence-corrected chi connectivity index (χ1v) is 3.35. The van der Waals surface area contributed by atoms with Crippen molar-refractivity contribution in [2.75, 3.05) is 5.73 Å². The van der Waals surface area contributed by atoms with E-state index in [0.717, 1.165) is 6.07 Å². The fraction of sp³-hybridized carbons (Fsp3) is 0.250. The average molecular weight is 212 g/mol. The summed E-state index contributed by atoms with van der Waals surface area (Å²) in [6.45, 7) is 0.613. The Bertz CT molecular complexity index is 276. The van der Waals surface area contributed by atoms with Crippen LogP contribution in [0.3, 0.4) is 0 Å². The van der Waals surface area contributed by atoms with Crippen LogP contribution in [0.4, 0.5) is 18.9 Å². The van der Waals surface area contributed by atoms with E-state index < -0.39 is 17.3 Å². The Balaban J connectivity index is 0.00000144. The van der Waals surface area contributed by atoms with Crippen LogP contribution < -0.4 is 5.73 Å². The van der Waals surface area contributed by atoms with Crippen LogP contribution in [0.15, 0.2) is 18.2 Å². The Morgan fingerprint density at radius 2 is 1.85 bits per heavy atom. The average Bonchev–Trinajstić information content (AvgIpc) is 1.82. The first-order valence-electron chi connectivity index (χ1n) is 3.35. The molecule has 0 amide bonds. The van der Waals surface area contributed by atoms with Gasteiger partial charge in [0.15, 0.2) is 0 Å². The zero-order chi connectivity index (χ0) is 9.35. The lowest BCUT2D eigenvalue weighted by Crippen LogP contribution is -2.12. The molecule has 0 heterocycles. The summed E-state index contributed by atoms with van der Waals surface area (Å²) in [6.07, 6.45) is 0. The number of benzene rings is 1. The molecule has 74 valence electrons. The van der Waals surface area contributed by atoms with Crippen LogP contribution in [-0.4, -0.2) is 0 Å². The van der Waals surface area contributed by atoms with Crippen molar-refractivity contribution in [3.05, 3.63) is 29.6 Å². The molecule has 0 fully saturated rings. The van der Waals surface area contributed by atoms with E-state index in [4.69, 9.17) is 5.73 Å². The van der Waals surface area contributed by atoms with Gasteiger partial charge in [-0.2, -0.15) is 0 Å². The summed E-state index contributed by atoms with van der Waals surface area (Å²) >= 11 is 0. The highest BCUT2D eigenvalue weighted by atomic mass is 35.5. The molecule has 1 aromatic carbocycles. The number of anilines is 1. The van der Waals surface area contributed by atoms with E-state index in [1.165, 1.54) is 12.1 Å². The Morgan fingerprint density at radius 1 is 1.31 bits per heavy atom. The zero-order valence-corrected chi connectivity index (χ0v) is 7.67. The molecular weight excluding hydrogens is 203 g/mol. The van der Waals surface area contributed by atoms with Gasteiger partial charge in [0, 0.05) is 12.6 Å². The number of hydrogen-bond acceptors (Lipinski definition) is 1. The Labute approximate surface area is 80.2 Å². The quantitative estimate of drug-likeness (QED) is 0.711. The molecule has 0 aromatic heterocycles. The number of halogens is 4. The Kier molecular flexibility index (Phi) is 3.60. The molecule has 0 atom stereocenters. The molecule has 0 saturated carbocycles. The third-order valence-electron chi connectivity index (χ3n) is 1.48. The van der Waals surface area contributed by atoms with Gasteiger partial charge in [-0.25, -0.2) is 13.2 Å². The van der Waals surface area contributed by atoms with E-state index >= 15 is 0 Å². The fourth-order valence-electron chi connectivity index (χ4n) is 1.00. The largest absolute Gasteiger partial charge is 0.398 e. The van der Waals surface area contributed by atoms with E-state index in [1.807, 2.05) is 0 Å². The van der Waals surface area contributed by atoms with Crippen LogP contribution in [-0.2, 0) is 5.92 Å². The van der Waals surface area contributed by atoms with Crippen LogP contribution >= 0.6 is 12.4 Å². The lowest BCUT2D eigenvalue weighted by atomic mass is 10.1. The molecule has 13 heavy (non-hydrogen) atoms. The SMILES string of the molecule is CC(F)(F)c1c(N)cccc1F.Cl. The van der Waals surface area contributed by atoms with Gasteiger partial charge in [-0.15, -0.1) is 12.4 Å². The van der Waals surface area contributed by atoms with E-state index in [1.54, 1.807) is 0 Å². The van der Waals surface area contributed by atoms with Gasteiger partial charge in [-0.1, -0.05) is 6.07 Å². The molecule has 1 nitrogen and oxygen atoms in total. The predicted molar refractivity (Wildman–Crippen MR) is 47.6 cm³/mol. The van der Waals surface area contributed by atoms with E-state index in [2.05, 4.69) is 0 Å². The van der Waals surface area contributed by atoms with Crippen molar-refractivity contribution in [1.29, 1.82) is 0 Å². The summed E-state index contributed by atoms with van der Waals surface area (Å²) < 4.78 is 38.1. The van der Waals surface area contributed by atoms with Crippen molar-refractivity contribution in [1.82, 2.24) is 0 Å². The molecule has 0 spiro atoms. The third kappa shape index (κ3) is 2.52. The van der Waals surface area contributed by atoms with Gasteiger partial charge in [-0.05, 0) is 12.1 Å². The van der Waals surface area contributed by atoms with Crippen molar-refractivity contribution < 1.29 is 13.2 Å². The van der Waals surface area contributed by atoms with Gasteiger partial charge in [0.1, 0.15) is 5.82 Å². The highest BCUT2D eigenvalue weighted by Gasteiger charge is 2.30. The summed E-state index contributed by atoms with van der Waals surface area (Å²) in [6, 6.07) is 3.50. The number of alkyl halides is 2. The Hall–Kier alpha value is -0.900. The van der Waals surface area contributed by atoms with Gasteiger partial charge >= 0.3 is 0 Å². The van der Waals surface area contributed by atoms with Gasteiger partial charge in [0.25, 0.3) is 5.92 Å². The van der Waals surface area contributed by atoms with E-state index in [-0.39, 0.29) is 18.1 Å². The number of rotatable bonds is 1. The maximum Gasteiger partial charge on any atom is 0.275 e. The lowest BCUT2D eigenvalue weighted by molar-refractivity contribution is 0.0146. The maximum atomic E-state index is 12.8. The van der Waals surface area contributed by atoms with Gasteiger partial charge < -0.3 is 5.73 Å². The zero-order valence-electron chi connectivity index (χ0n) is 6.85. The van der Waals surface area contributed by atoms with E-state index in [9.17, 15) is 13.2 Å². The number of hydrogen-bond donors (Lipinski definition) is 1. The molecule has 0 aliphatic carbocycles. The summed E-state index contributed by atoms with van der Waals surface area (Å²) in [7, 11) is 0. The monoisotopic (exact) mass is 211 g/mol. The molecule has 0 radical (unpaired) electrons. The number of nitrogen functional groups attached to an aromatic ring is 1. The van der Waals surface area contributed by atoms with Crippen LogP contribution in [0, 0.1) is 5.82 Å². The highest BCUT2D eigenvalue weighted by Crippen LogP contribution is 2.33. The van der Waals surface area contributed by atoms with Crippen LogP contribution in [0.25, 0.3) is 0 Å². The summed E-state index contributed by atoms with van der Waals surface area (Å²) in [5, 5.41) is 0. The first kappa shape index (κ1) is 12.1. The minimum Gasteiger partial charge on any atom is -0.398 e. The second kappa shape index (κ2) is 3.87. The minimum atomic E-state index is -3.23. The van der Waals surface area contributed by atoms with Crippen LogP contribution in [0.5, 0.6) is 0 Å². The molecule has 5 heteroatoms. The normalized spacial score (nSPS) is 10.8. The second-order valence-electron chi connectivity index (χ2n) is 2.59. The minimum absolute atomic E-state index is 0. The van der Waals surface area contributed by atoms with Gasteiger partial charge in [-0.3, -0.25) is 0 Å². The molecule has 1 aromatic rings. The van der Waals surface area contributed by atoms with Gasteiger partial charge in [0.2, 0.25) is 0 Å². The molecule has 0 aliphatic rings. The fourth-order valence-corrected chi connectivity index (χ4v) is 1.00. The second-order valence-corrected chi connectivity index (χ2v) is 2.59. The van der Waals surface area contributed by atoms with Crippen LogP contribution in [0.1, 0.15) is 12.5 Å². The molecule has 0 saturated heterocycles. The summed E-state index contributed by atoms with van der Waals surface area (Å²) in [5.74, 6) is -4.20. The molecule has 1 rings (SSSR count).